The Bertz CT molecular complexity index is 215. The van der Waals surface area contributed by atoms with Gasteiger partial charge < -0.3 is 9.84 Å². The molecule has 0 aliphatic carbocycles. The molecule has 14 heavy (non-hydrogen) atoms. The first-order chi connectivity index (χ1) is 6.62. The van der Waals surface area contributed by atoms with Crippen molar-refractivity contribution in [2.45, 2.75) is 19.8 Å². The van der Waals surface area contributed by atoms with E-state index in [1.54, 1.807) is 0 Å². The van der Waals surface area contributed by atoms with Crippen LogP contribution in [0.15, 0.2) is 0 Å². The maximum atomic E-state index is 11.2. The second kappa shape index (κ2) is 8.16. The first kappa shape index (κ1) is 13.8. The van der Waals surface area contributed by atoms with Crippen LogP contribution in [0.2, 0.25) is 0 Å². The largest absolute Gasteiger partial charge is 0.394 e. The van der Waals surface area contributed by atoms with E-state index in [4.69, 9.17) is 9.84 Å². The zero-order valence-electron chi connectivity index (χ0n) is 8.53. The number of aliphatic hydroxyl groups is 1. The fraction of sp³-hybridized carbons (Fsp3) is 1.00. The van der Waals surface area contributed by atoms with Gasteiger partial charge in [0, 0.05) is 6.54 Å². The second-order valence-electron chi connectivity index (χ2n) is 2.90. The molecule has 0 aromatic rings. The highest BCUT2D eigenvalue weighted by molar-refractivity contribution is 7.89. The number of nitrogens with one attached hydrogen (secondary N) is 1. The van der Waals surface area contributed by atoms with Crippen molar-refractivity contribution in [3.8, 4) is 0 Å². The van der Waals surface area contributed by atoms with Crippen LogP contribution in [0.25, 0.3) is 0 Å². The minimum absolute atomic E-state index is 0.0391. The normalized spacial score (nSPS) is 11.9. The monoisotopic (exact) mass is 225 g/mol. The van der Waals surface area contributed by atoms with Crippen molar-refractivity contribution in [3.63, 3.8) is 0 Å². The molecule has 0 unspecified atom stereocenters. The van der Waals surface area contributed by atoms with Crippen LogP contribution in [0, 0.1) is 0 Å². The molecule has 0 heterocycles. The van der Waals surface area contributed by atoms with Crippen molar-refractivity contribution in [2.75, 3.05) is 32.1 Å². The van der Waals surface area contributed by atoms with E-state index in [1.165, 1.54) is 0 Å². The third-order valence-corrected chi connectivity index (χ3v) is 3.04. The van der Waals surface area contributed by atoms with Crippen molar-refractivity contribution >= 4 is 10.0 Å². The van der Waals surface area contributed by atoms with Crippen LogP contribution in [0.5, 0.6) is 0 Å². The summed E-state index contributed by atoms with van der Waals surface area (Å²) < 4.78 is 29.7. The molecular formula is C8H19NO4S. The van der Waals surface area contributed by atoms with Gasteiger partial charge in [-0.3, -0.25) is 0 Å². The zero-order valence-corrected chi connectivity index (χ0v) is 9.35. The average molecular weight is 225 g/mol. The van der Waals surface area contributed by atoms with Gasteiger partial charge in [0.2, 0.25) is 10.0 Å². The molecule has 0 rings (SSSR count). The molecule has 0 saturated carbocycles. The third-order valence-electron chi connectivity index (χ3n) is 1.57. The van der Waals surface area contributed by atoms with E-state index in [0.717, 1.165) is 6.42 Å². The first-order valence-corrected chi connectivity index (χ1v) is 6.43. The SMILES string of the molecule is CCCCS(=O)(=O)NCCOCCO. The molecule has 0 saturated heterocycles. The minimum atomic E-state index is -3.12. The fourth-order valence-electron chi connectivity index (χ4n) is 0.842. The van der Waals surface area contributed by atoms with E-state index in [2.05, 4.69) is 4.72 Å². The fourth-order valence-corrected chi connectivity index (χ4v) is 2.05. The predicted molar refractivity (Wildman–Crippen MR) is 54.6 cm³/mol. The molecule has 0 aromatic carbocycles. The number of ether oxygens (including phenoxy) is 1. The highest BCUT2D eigenvalue weighted by Gasteiger charge is 2.07. The van der Waals surface area contributed by atoms with E-state index in [9.17, 15) is 8.42 Å². The Labute approximate surface area is 85.5 Å². The van der Waals surface area contributed by atoms with Gasteiger partial charge in [-0.15, -0.1) is 0 Å². The highest BCUT2D eigenvalue weighted by atomic mass is 32.2. The van der Waals surface area contributed by atoms with Crippen LogP contribution < -0.4 is 4.72 Å². The van der Waals surface area contributed by atoms with Crippen LogP contribution in [0.4, 0.5) is 0 Å². The first-order valence-electron chi connectivity index (χ1n) is 4.78. The van der Waals surface area contributed by atoms with Gasteiger partial charge in [0.25, 0.3) is 0 Å². The Morgan fingerprint density at radius 2 is 2.07 bits per heavy atom. The summed E-state index contributed by atoms with van der Waals surface area (Å²) in [5.74, 6) is 0.170. The number of unbranched alkanes of at least 4 members (excludes halogenated alkanes) is 1. The summed E-state index contributed by atoms with van der Waals surface area (Å²) >= 11 is 0. The average Bonchev–Trinajstić information content (AvgIpc) is 2.15. The van der Waals surface area contributed by atoms with E-state index in [1.807, 2.05) is 6.92 Å². The number of sulfonamides is 1. The molecule has 0 aliphatic heterocycles. The van der Waals surface area contributed by atoms with Crippen molar-refractivity contribution in [1.29, 1.82) is 0 Å². The zero-order chi connectivity index (χ0) is 10.9. The van der Waals surface area contributed by atoms with Crippen molar-refractivity contribution in [3.05, 3.63) is 0 Å². The summed E-state index contributed by atoms with van der Waals surface area (Å²) in [6.45, 7) is 2.72. The minimum Gasteiger partial charge on any atom is -0.394 e. The summed E-state index contributed by atoms with van der Waals surface area (Å²) in [4.78, 5) is 0. The molecule has 2 N–H and O–H groups in total. The molecule has 86 valence electrons. The van der Waals surface area contributed by atoms with Crippen LogP contribution in [-0.4, -0.2) is 45.6 Å². The van der Waals surface area contributed by atoms with Crippen molar-refractivity contribution in [2.24, 2.45) is 0 Å². The summed E-state index contributed by atoms with van der Waals surface area (Å²) in [5.41, 5.74) is 0. The van der Waals surface area contributed by atoms with Gasteiger partial charge in [0.15, 0.2) is 0 Å². The van der Waals surface area contributed by atoms with E-state index in [0.29, 0.717) is 13.0 Å². The van der Waals surface area contributed by atoms with Crippen LogP contribution >= 0.6 is 0 Å². The van der Waals surface area contributed by atoms with Gasteiger partial charge in [0.05, 0.1) is 25.6 Å². The number of aliphatic hydroxyl groups excluding tert-OH is 1. The Morgan fingerprint density at radius 1 is 1.36 bits per heavy atom. The maximum Gasteiger partial charge on any atom is 0.211 e. The molecule has 0 atom stereocenters. The molecule has 0 aliphatic rings. The van der Waals surface area contributed by atoms with E-state index < -0.39 is 10.0 Å². The summed E-state index contributed by atoms with van der Waals surface area (Å²) in [6.07, 6.45) is 1.54. The van der Waals surface area contributed by atoms with Crippen LogP contribution in [0.1, 0.15) is 19.8 Å². The van der Waals surface area contributed by atoms with E-state index >= 15 is 0 Å². The number of hydrogen-bond donors (Lipinski definition) is 2. The summed E-state index contributed by atoms with van der Waals surface area (Å²) in [6, 6.07) is 0. The smallest absolute Gasteiger partial charge is 0.211 e. The van der Waals surface area contributed by atoms with Gasteiger partial charge in [-0.1, -0.05) is 13.3 Å². The lowest BCUT2D eigenvalue weighted by molar-refractivity contribution is 0.0961. The molecule has 0 spiro atoms. The molecule has 0 bridgehead atoms. The predicted octanol–water partition coefficient (Wildman–Crippen LogP) is -0.285. The van der Waals surface area contributed by atoms with Crippen molar-refractivity contribution < 1.29 is 18.3 Å². The van der Waals surface area contributed by atoms with Crippen LogP contribution in [0.3, 0.4) is 0 Å². The Hall–Kier alpha value is -0.170. The van der Waals surface area contributed by atoms with Crippen LogP contribution in [-0.2, 0) is 14.8 Å². The second-order valence-corrected chi connectivity index (χ2v) is 4.83. The highest BCUT2D eigenvalue weighted by Crippen LogP contribution is 1.92. The molecule has 6 heteroatoms. The molecule has 0 radical (unpaired) electrons. The third kappa shape index (κ3) is 8.43. The van der Waals surface area contributed by atoms with E-state index in [-0.39, 0.29) is 25.5 Å². The molecule has 0 aromatic heterocycles. The number of rotatable bonds is 9. The maximum absolute atomic E-state index is 11.2. The Kier molecular flexibility index (Phi) is 8.07. The van der Waals surface area contributed by atoms with Crippen molar-refractivity contribution in [1.82, 2.24) is 4.72 Å². The lowest BCUT2D eigenvalue weighted by atomic mass is 10.4. The van der Waals surface area contributed by atoms with Gasteiger partial charge in [0.1, 0.15) is 0 Å². The van der Waals surface area contributed by atoms with Gasteiger partial charge in [-0.25, -0.2) is 13.1 Å². The van der Waals surface area contributed by atoms with Gasteiger partial charge in [-0.2, -0.15) is 0 Å². The van der Waals surface area contributed by atoms with Gasteiger partial charge in [-0.05, 0) is 6.42 Å². The number of hydrogen-bond acceptors (Lipinski definition) is 4. The van der Waals surface area contributed by atoms with Gasteiger partial charge >= 0.3 is 0 Å². The Morgan fingerprint density at radius 3 is 2.64 bits per heavy atom. The standard InChI is InChI=1S/C8H19NO4S/c1-2-3-8-14(11,12)9-4-6-13-7-5-10/h9-10H,2-8H2,1H3. The molecule has 0 amide bonds. The lowest BCUT2D eigenvalue weighted by Gasteiger charge is -2.05. The summed E-state index contributed by atoms with van der Waals surface area (Å²) in [7, 11) is -3.12. The molecule has 0 fully saturated rings. The quantitative estimate of drug-likeness (QED) is 0.529. The molecular weight excluding hydrogens is 206 g/mol. The lowest BCUT2D eigenvalue weighted by Crippen LogP contribution is -2.29. The topological polar surface area (TPSA) is 75.6 Å². The Balaban J connectivity index is 3.46. The summed E-state index contributed by atoms with van der Waals surface area (Å²) in [5, 5.41) is 8.38. The molecule has 5 nitrogen and oxygen atoms in total.